The van der Waals surface area contributed by atoms with Crippen LogP contribution in [0.15, 0.2) is 48.5 Å². The lowest BCUT2D eigenvalue weighted by atomic mass is 10.2. The zero-order valence-electron chi connectivity index (χ0n) is 19.8. The third-order valence-electron chi connectivity index (χ3n) is 5.01. The van der Waals surface area contributed by atoms with E-state index < -0.39 is 10.0 Å². The lowest BCUT2D eigenvalue weighted by Crippen LogP contribution is -2.38. The SMILES string of the molecule is CCCCCCS(=O)(=O)N(CCN(C)C)c1ccccc1NCCOc1ccc(Cl)cc1.Cl. The van der Waals surface area contributed by atoms with E-state index in [2.05, 4.69) is 12.2 Å². The number of hydrogen-bond donors (Lipinski definition) is 1. The second-order valence-electron chi connectivity index (χ2n) is 8.00. The molecule has 0 bridgehead atoms. The first kappa shape index (κ1) is 29.4. The van der Waals surface area contributed by atoms with Gasteiger partial charge in [-0.3, -0.25) is 4.31 Å². The molecule has 0 spiro atoms. The summed E-state index contributed by atoms with van der Waals surface area (Å²) in [7, 11) is 0.469. The van der Waals surface area contributed by atoms with Crippen molar-refractivity contribution in [1.29, 1.82) is 0 Å². The van der Waals surface area contributed by atoms with Gasteiger partial charge in [0.25, 0.3) is 0 Å². The summed E-state index contributed by atoms with van der Waals surface area (Å²) in [6, 6.07) is 14.8. The summed E-state index contributed by atoms with van der Waals surface area (Å²) >= 11 is 5.90. The molecule has 0 unspecified atom stereocenters. The predicted molar refractivity (Wildman–Crippen MR) is 143 cm³/mol. The number of anilines is 2. The number of nitrogens with zero attached hydrogens (tertiary/aromatic N) is 2. The number of nitrogens with one attached hydrogen (secondary N) is 1. The van der Waals surface area contributed by atoms with Gasteiger partial charge in [-0.15, -0.1) is 12.4 Å². The van der Waals surface area contributed by atoms with Crippen LogP contribution >= 0.6 is 24.0 Å². The molecule has 2 rings (SSSR count). The molecule has 0 aliphatic heterocycles. The summed E-state index contributed by atoms with van der Waals surface area (Å²) < 4.78 is 33.8. The molecule has 0 atom stereocenters. The number of benzene rings is 2. The van der Waals surface area contributed by atoms with Crippen molar-refractivity contribution >= 4 is 45.4 Å². The molecule has 0 amide bonds. The van der Waals surface area contributed by atoms with Crippen LogP contribution in [-0.4, -0.2) is 59.4 Å². The summed E-state index contributed by atoms with van der Waals surface area (Å²) in [5.74, 6) is 0.904. The maximum absolute atomic E-state index is 13.2. The molecular formula is C24H37Cl2N3O3S. The summed E-state index contributed by atoms with van der Waals surface area (Å²) in [5, 5.41) is 4.01. The molecule has 0 heterocycles. The smallest absolute Gasteiger partial charge is 0.235 e. The quantitative estimate of drug-likeness (QED) is 0.314. The highest BCUT2D eigenvalue weighted by Gasteiger charge is 2.24. The monoisotopic (exact) mass is 517 g/mol. The molecule has 2 aromatic rings. The van der Waals surface area contributed by atoms with E-state index in [-0.39, 0.29) is 18.2 Å². The highest BCUT2D eigenvalue weighted by Crippen LogP contribution is 2.28. The molecule has 0 aliphatic carbocycles. The van der Waals surface area contributed by atoms with Crippen molar-refractivity contribution in [3.8, 4) is 5.75 Å². The van der Waals surface area contributed by atoms with E-state index in [1.165, 1.54) is 0 Å². The first-order valence-corrected chi connectivity index (χ1v) is 13.2. The lowest BCUT2D eigenvalue weighted by molar-refractivity contribution is 0.333. The molecule has 33 heavy (non-hydrogen) atoms. The van der Waals surface area contributed by atoms with E-state index in [0.717, 1.165) is 30.7 Å². The molecule has 0 saturated carbocycles. The molecule has 6 nitrogen and oxygen atoms in total. The van der Waals surface area contributed by atoms with Crippen LogP contribution in [0.5, 0.6) is 5.75 Å². The van der Waals surface area contributed by atoms with Crippen LogP contribution in [0.2, 0.25) is 5.02 Å². The van der Waals surface area contributed by atoms with Crippen LogP contribution in [0.3, 0.4) is 0 Å². The van der Waals surface area contributed by atoms with Gasteiger partial charge in [0.1, 0.15) is 12.4 Å². The Morgan fingerprint density at radius 2 is 1.67 bits per heavy atom. The zero-order valence-corrected chi connectivity index (χ0v) is 22.2. The van der Waals surface area contributed by atoms with Crippen molar-refractivity contribution in [2.75, 3.05) is 55.7 Å². The molecule has 0 saturated heterocycles. The maximum atomic E-state index is 13.2. The van der Waals surface area contributed by atoms with Gasteiger partial charge in [0.2, 0.25) is 10.0 Å². The van der Waals surface area contributed by atoms with Crippen molar-refractivity contribution in [1.82, 2.24) is 4.90 Å². The molecule has 0 aliphatic rings. The van der Waals surface area contributed by atoms with E-state index in [1.54, 1.807) is 16.4 Å². The van der Waals surface area contributed by atoms with E-state index in [1.807, 2.05) is 55.4 Å². The number of ether oxygens (including phenoxy) is 1. The highest BCUT2D eigenvalue weighted by atomic mass is 35.5. The molecule has 9 heteroatoms. The standard InChI is InChI=1S/C24H36ClN3O3S.ClH/c1-4-5-6-9-20-32(29,30)28(18-17-27(2)3)24-11-8-7-10-23(24)26-16-19-31-22-14-12-21(25)13-15-22;/h7-8,10-15,26H,4-6,9,16-20H2,1-3H3;1H. The van der Waals surface area contributed by atoms with Crippen LogP contribution in [0, 0.1) is 0 Å². The Balaban J connectivity index is 0.00000544. The summed E-state index contributed by atoms with van der Waals surface area (Å²) in [6.07, 6.45) is 3.74. The zero-order chi connectivity index (χ0) is 23.4. The second kappa shape index (κ2) is 15.3. The average molecular weight is 519 g/mol. The minimum atomic E-state index is -3.43. The van der Waals surface area contributed by atoms with Gasteiger partial charge in [0.05, 0.1) is 17.1 Å². The largest absolute Gasteiger partial charge is 0.492 e. The topological polar surface area (TPSA) is 61.9 Å². The van der Waals surface area contributed by atoms with Crippen LogP contribution in [0.25, 0.3) is 0 Å². The third-order valence-corrected chi connectivity index (χ3v) is 7.12. The summed E-state index contributed by atoms with van der Waals surface area (Å²) in [6.45, 7) is 4.15. The van der Waals surface area contributed by atoms with Crippen LogP contribution in [-0.2, 0) is 10.0 Å². The van der Waals surface area contributed by atoms with E-state index >= 15 is 0 Å². The van der Waals surface area contributed by atoms with Crippen LogP contribution in [0.1, 0.15) is 32.6 Å². The number of para-hydroxylation sites is 2. The Bertz CT molecular complexity index is 909. The molecular weight excluding hydrogens is 481 g/mol. The molecule has 1 N–H and O–H groups in total. The molecule has 0 fully saturated rings. The summed E-state index contributed by atoms with van der Waals surface area (Å²) in [4.78, 5) is 2.00. The molecule has 186 valence electrons. The minimum absolute atomic E-state index is 0. The van der Waals surface area contributed by atoms with Gasteiger partial charge in [0.15, 0.2) is 0 Å². The van der Waals surface area contributed by atoms with Gasteiger partial charge < -0.3 is 15.0 Å². The van der Waals surface area contributed by atoms with Gasteiger partial charge in [-0.1, -0.05) is 49.9 Å². The van der Waals surface area contributed by atoms with Crippen molar-refractivity contribution in [3.63, 3.8) is 0 Å². The van der Waals surface area contributed by atoms with Crippen molar-refractivity contribution < 1.29 is 13.2 Å². The first-order chi connectivity index (χ1) is 15.3. The van der Waals surface area contributed by atoms with E-state index in [9.17, 15) is 8.42 Å². The van der Waals surface area contributed by atoms with Crippen molar-refractivity contribution in [3.05, 3.63) is 53.6 Å². The Kier molecular flexibility index (Phi) is 13.6. The number of halogens is 2. The first-order valence-electron chi connectivity index (χ1n) is 11.2. The molecule has 2 aromatic carbocycles. The Morgan fingerprint density at radius 1 is 0.970 bits per heavy atom. The molecule has 0 aromatic heterocycles. The Labute approximate surface area is 210 Å². The van der Waals surface area contributed by atoms with Crippen LogP contribution < -0.4 is 14.4 Å². The van der Waals surface area contributed by atoms with Gasteiger partial charge in [-0.25, -0.2) is 8.42 Å². The van der Waals surface area contributed by atoms with Gasteiger partial charge in [-0.05, 0) is 56.9 Å². The van der Waals surface area contributed by atoms with E-state index in [0.29, 0.717) is 43.4 Å². The average Bonchev–Trinajstić information content (AvgIpc) is 2.76. The number of unbranched alkanes of at least 4 members (excludes halogenated alkanes) is 3. The Morgan fingerprint density at radius 3 is 2.33 bits per heavy atom. The normalized spacial score (nSPS) is 11.2. The fourth-order valence-corrected chi connectivity index (χ4v) is 4.98. The van der Waals surface area contributed by atoms with E-state index in [4.69, 9.17) is 16.3 Å². The number of rotatable bonds is 15. The summed E-state index contributed by atoms with van der Waals surface area (Å²) in [5.41, 5.74) is 1.46. The van der Waals surface area contributed by atoms with Gasteiger partial charge in [-0.2, -0.15) is 0 Å². The van der Waals surface area contributed by atoms with Crippen molar-refractivity contribution in [2.24, 2.45) is 0 Å². The third kappa shape index (κ3) is 10.4. The highest BCUT2D eigenvalue weighted by molar-refractivity contribution is 7.92. The van der Waals surface area contributed by atoms with Gasteiger partial charge in [0, 0.05) is 24.7 Å². The van der Waals surface area contributed by atoms with Gasteiger partial charge >= 0.3 is 0 Å². The van der Waals surface area contributed by atoms with Crippen LogP contribution in [0.4, 0.5) is 11.4 Å². The number of hydrogen-bond acceptors (Lipinski definition) is 5. The fraction of sp³-hybridized carbons (Fsp3) is 0.500. The fourth-order valence-electron chi connectivity index (χ4n) is 3.25. The Hall–Kier alpha value is -1.67. The molecule has 0 radical (unpaired) electrons. The van der Waals surface area contributed by atoms with Crippen molar-refractivity contribution in [2.45, 2.75) is 32.6 Å². The minimum Gasteiger partial charge on any atom is -0.492 e. The maximum Gasteiger partial charge on any atom is 0.235 e. The lowest BCUT2D eigenvalue weighted by Gasteiger charge is -2.28. The predicted octanol–water partition coefficient (Wildman–Crippen LogP) is 5.53. The number of likely N-dealkylation sites (N-methyl/N-ethyl adjacent to an activating group) is 1. The second-order valence-corrected chi connectivity index (χ2v) is 10.4. The number of sulfonamides is 1.